The van der Waals surface area contributed by atoms with Crippen LogP contribution in [0.2, 0.25) is 0 Å². The van der Waals surface area contributed by atoms with Gasteiger partial charge >= 0.3 is 5.97 Å². The Balaban J connectivity index is 2.49. The number of aromatic carboxylic acids is 1. The molecule has 1 aromatic heterocycles. The second-order valence-electron chi connectivity index (χ2n) is 3.51. The van der Waals surface area contributed by atoms with Gasteiger partial charge in [0.1, 0.15) is 11.0 Å². The van der Waals surface area contributed by atoms with E-state index in [1.807, 2.05) is 0 Å². The number of nitrogens with zero attached hydrogens (tertiary/aromatic N) is 3. The fourth-order valence-electron chi connectivity index (χ4n) is 1.58. The molecule has 0 unspecified atom stereocenters. The molecule has 3 N–H and O–H groups in total. The summed E-state index contributed by atoms with van der Waals surface area (Å²) in [6.45, 7) is 0.218. The van der Waals surface area contributed by atoms with Gasteiger partial charge < -0.3 is 10.8 Å². The van der Waals surface area contributed by atoms with Crippen molar-refractivity contribution in [1.82, 2.24) is 15.0 Å². The molecule has 0 bridgehead atoms. The van der Waals surface area contributed by atoms with Crippen LogP contribution in [-0.2, 0) is 11.3 Å². The highest BCUT2D eigenvalue weighted by Crippen LogP contribution is 2.16. The summed E-state index contributed by atoms with van der Waals surface area (Å²) in [5.41, 5.74) is 6.03. The van der Waals surface area contributed by atoms with Gasteiger partial charge in [0, 0.05) is 6.42 Å². The van der Waals surface area contributed by atoms with Crippen LogP contribution in [0.15, 0.2) is 18.2 Å². The van der Waals surface area contributed by atoms with Crippen molar-refractivity contribution in [3.05, 3.63) is 23.8 Å². The molecule has 17 heavy (non-hydrogen) atoms. The first-order chi connectivity index (χ1) is 8.09. The van der Waals surface area contributed by atoms with Crippen LogP contribution in [0.4, 0.5) is 0 Å². The molecule has 0 saturated carbocycles. The predicted molar refractivity (Wildman–Crippen MR) is 58.3 cm³/mol. The molecule has 0 radical (unpaired) electrons. The molecule has 0 fully saturated rings. The minimum Gasteiger partial charge on any atom is -0.478 e. The zero-order chi connectivity index (χ0) is 12.4. The summed E-state index contributed by atoms with van der Waals surface area (Å²) in [7, 11) is 0. The molecule has 0 spiro atoms. The van der Waals surface area contributed by atoms with Crippen molar-refractivity contribution in [3.63, 3.8) is 0 Å². The van der Waals surface area contributed by atoms with Crippen molar-refractivity contribution in [2.24, 2.45) is 5.73 Å². The first kappa shape index (κ1) is 11.1. The summed E-state index contributed by atoms with van der Waals surface area (Å²) in [6, 6.07) is 4.73. The molecular formula is C10H10N4O3. The fourth-order valence-corrected chi connectivity index (χ4v) is 1.58. The topological polar surface area (TPSA) is 111 Å². The Morgan fingerprint density at radius 3 is 2.82 bits per heavy atom. The Bertz CT molecular complexity index is 590. The van der Waals surface area contributed by atoms with Crippen molar-refractivity contribution in [2.45, 2.75) is 13.0 Å². The summed E-state index contributed by atoms with van der Waals surface area (Å²) in [5.74, 6) is -1.53. The van der Waals surface area contributed by atoms with Gasteiger partial charge in [-0.25, -0.2) is 9.48 Å². The summed E-state index contributed by atoms with van der Waals surface area (Å²) in [5, 5.41) is 16.7. The van der Waals surface area contributed by atoms with Gasteiger partial charge in [-0.2, -0.15) is 0 Å². The normalized spacial score (nSPS) is 10.6. The van der Waals surface area contributed by atoms with E-state index in [9.17, 15) is 9.59 Å². The lowest BCUT2D eigenvalue weighted by Gasteiger charge is -2.02. The zero-order valence-electron chi connectivity index (χ0n) is 8.83. The number of fused-ring (bicyclic) bond motifs is 1. The average Bonchev–Trinajstić information content (AvgIpc) is 2.69. The van der Waals surface area contributed by atoms with Crippen molar-refractivity contribution in [3.8, 4) is 0 Å². The van der Waals surface area contributed by atoms with Gasteiger partial charge in [-0.1, -0.05) is 11.3 Å². The molecular weight excluding hydrogens is 224 g/mol. The molecule has 7 heteroatoms. The Kier molecular flexibility index (Phi) is 2.73. The monoisotopic (exact) mass is 234 g/mol. The number of para-hydroxylation sites is 1. The molecule has 0 atom stereocenters. The van der Waals surface area contributed by atoms with Crippen LogP contribution in [0.1, 0.15) is 16.8 Å². The predicted octanol–water partition coefficient (Wildman–Crippen LogP) is 0.00490. The summed E-state index contributed by atoms with van der Waals surface area (Å²) in [6.07, 6.45) is 0.0897. The number of aryl methyl sites for hydroxylation is 1. The SMILES string of the molecule is NC(=O)CCn1nnc2cccc(C(=O)O)c21. The van der Waals surface area contributed by atoms with E-state index in [1.165, 1.54) is 10.7 Å². The molecule has 0 aliphatic rings. The Labute approximate surface area is 95.8 Å². The molecule has 0 saturated heterocycles. The molecule has 1 amide bonds. The molecule has 2 rings (SSSR count). The smallest absolute Gasteiger partial charge is 0.337 e. The van der Waals surface area contributed by atoms with Crippen molar-refractivity contribution in [2.75, 3.05) is 0 Å². The van der Waals surface area contributed by atoms with Crippen LogP contribution in [0.25, 0.3) is 11.0 Å². The van der Waals surface area contributed by atoms with Crippen LogP contribution in [0.3, 0.4) is 0 Å². The number of primary amides is 1. The molecule has 7 nitrogen and oxygen atoms in total. The van der Waals surface area contributed by atoms with Gasteiger partial charge in [-0.05, 0) is 12.1 Å². The Hall–Kier alpha value is -2.44. The van der Waals surface area contributed by atoms with Gasteiger partial charge in [0.15, 0.2) is 0 Å². The maximum atomic E-state index is 11.0. The van der Waals surface area contributed by atoms with E-state index in [2.05, 4.69) is 10.3 Å². The number of amides is 1. The number of carbonyl (C=O) groups is 2. The highest BCUT2D eigenvalue weighted by Gasteiger charge is 2.14. The third kappa shape index (κ3) is 2.07. The van der Waals surface area contributed by atoms with Gasteiger partial charge in [-0.3, -0.25) is 4.79 Å². The van der Waals surface area contributed by atoms with E-state index in [4.69, 9.17) is 10.8 Å². The molecule has 0 aliphatic heterocycles. The van der Waals surface area contributed by atoms with Gasteiger partial charge in [0.05, 0.1) is 12.1 Å². The summed E-state index contributed by atoms with van der Waals surface area (Å²) < 4.78 is 1.38. The van der Waals surface area contributed by atoms with E-state index in [0.29, 0.717) is 11.0 Å². The van der Waals surface area contributed by atoms with Crippen LogP contribution in [-0.4, -0.2) is 32.0 Å². The maximum absolute atomic E-state index is 11.0. The quantitative estimate of drug-likeness (QED) is 0.773. The van der Waals surface area contributed by atoms with E-state index in [-0.39, 0.29) is 18.5 Å². The molecule has 1 heterocycles. The number of carbonyl (C=O) groups excluding carboxylic acids is 1. The number of hydrogen-bond donors (Lipinski definition) is 2. The molecule has 1 aromatic carbocycles. The molecule has 88 valence electrons. The standard InChI is InChI=1S/C10H10N4O3/c11-8(15)4-5-14-9-6(10(16)17)2-1-3-7(9)12-13-14/h1-3H,4-5H2,(H2,11,15)(H,16,17). The third-order valence-electron chi connectivity index (χ3n) is 2.33. The second-order valence-corrected chi connectivity index (χ2v) is 3.51. The Morgan fingerprint density at radius 1 is 1.41 bits per heavy atom. The van der Waals surface area contributed by atoms with Crippen LogP contribution in [0.5, 0.6) is 0 Å². The number of carboxylic acids is 1. The first-order valence-corrected chi connectivity index (χ1v) is 4.93. The van der Waals surface area contributed by atoms with Crippen LogP contribution >= 0.6 is 0 Å². The highest BCUT2D eigenvalue weighted by molar-refractivity contribution is 6.00. The largest absolute Gasteiger partial charge is 0.478 e. The van der Waals surface area contributed by atoms with E-state index >= 15 is 0 Å². The first-order valence-electron chi connectivity index (χ1n) is 4.93. The summed E-state index contributed by atoms with van der Waals surface area (Å²) in [4.78, 5) is 21.7. The third-order valence-corrected chi connectivity index (χ3v) is 2.33. The number of carboxylic acid groups (broad SMARTS) is 1. The minimum absolute atomic E-state index is 0.0897. The lowest BCUT2D eigenvalue weighted by atomic mass is 10.2. The van der Waals surface area contributed by atoms with Crippen LogP contribution in [0, 0.1) is 0 Å². The molecule has 0 aliphatic carbocycles. The van der Waals surface area contributed by atoms with Gasteiger partial charge in [-0.15, -0.1) is 5.10 Å². The van der Waals surface area contributed by atoms with Crippen molar-refractivity contribution >= 4 is 22.9 Å². The van der Waals surface area contributed by atoms with E-state index in [0.717, 1.165) is 0 Å². The lowest BCUT2D eigenvalue weighted by Crippen LogP contribution is -2.15. The van der Waals surface area contributed by atoms with Crippen molar-refractivity contribution in [1.29, 1.82) is 0 Å². The highest BCUT2D eigenvalue weighted by atomic mass is 16.4. The van der Waals surface area contributed by atoms with E-state index in [1.54, 1.807) is 12.1 Å². The van der Waals surface area contributed by atoms with Crippen LogP contribution < -0.4 is 5.73 Å². The average molecular weight is 234 g/mol. The number of benzene rings is 1. The maximum Gasteiger partial charge on any atom is 0.337 e. The number of hydrogen-bond acceptors (Lipinski definition) is 4. The van der Waals surface area contributed by atoms with Crippen molar-refractivity contribution < 1.29 is 14.7 Å². The lowest BCUT2D eigenvalue weighted by molar-refractivity contribution is -0.118. The zero-order valence-corrected chi connectivity index (χ0v) is 8.83. The molecule has 2 aromatic rings. The van der Waals surface area contributed by atoms with E-state index < -0.39 is 11.9 Å². The minimum atomic E-state index is -1.06. The number of aromatic nitrogens is 3. The van der Waals surface area contributed by atoms with Gasteiger partial charge in [0.25, 0.3) is 0 Å². The number of nitrogens with two attached hydrogens (primary N) is 1. The fraction of sp³-hybridized carbons (Fsp3) is 0.200. The Morgan fingerprint density at radius 2 is 2.18 bits per heavy atom. The second kappa shape index (κ2) is 4.20. The van der Waals surface area contributed by atoms with Gasteiger partial charge in [0.2, 0.25) is 5.91 Å². The summed E-state index contributed by atoms with van der Waals surface area (Å²) >= 11 is 0. The number of rotatable bonds is 4.